The smallest absolute Gasteiger partial charge is 0.347 e. The van der Waals surface area contributed by atoms with Crippen molar-refractivity contribution in [2.45, 2.75) is 32.4 Å². The normalized spacial score (nSPS) is 16.3. The third-order valence-corrected chi connectivity index (χ3v) is 4.67. The fourth-order valence-electron chi connectivity index (χ4n) is 3.10. The third-order valence-electron chi connectivity index (χ3n) is 4.67. The monoisotopic (exact) mass is 328 g/mol. The van der Waals surface area contributed by atoms with Gasteiger partial charge in [-0.15, -0.1) is 0 Å². The summed E-state index contributed by atoms with van der Waals surface area (Å²) in [5, 5.41) is 0. The van der Waals surface area contributed by atoms with Crippen LogP contribution in [0.2, 0.25) is 0 Å². The lowest BCUT2D eigenvalue weighted by molar-refractivity contribution is 0.200. The standard InChI is InChI=1S/C17H24N6O/c1-13-10-16(19-12-18-13)22(3)15-5-8-23(9-6-15)11-14-4-7-21(2)17(24)20-14/h4,7,10,12,15H,5-6,8-9,11H2,1-3H3. The highest BCUT2D eigenvalue weighted by Gasteiger charge is 2.23. The van der Waals surface area contributed by atoms with Crippen LogP contribution in [0.25, 0.3) is 0 Å². The molecule has 1 aliphatic heterocycles. The van der Waals surface area contributed by atoms with E-state index in [1.54, 1.807) is 19.6 Å². The van der Waals surface area contributed by atoms with Crippen LogP contribution in [0, 0.1) is 6.92 Å². The molecule has 0 spiro atoms. The van der Waals surface area contributed by atoms with E-state index >= 15 is 0 Å². The Morgan fingerprint density at radius 1 is 1.29 bits per heavy atom. The minimum atomic E-state index is -0.193. The Labute approximate surface area is 142 Å². The molecule has 0 bridgehead atoms. The highest BCUT2D eigenvalue weighted by molar-refractivity contribution is 5.39. The van der Waals surface area contributed by atoms with Gasteiger partial charge in [-0.25, -0.2) is 14.8 Å². The Morgan fingerprint density at radius 2 is 2.04 bits per heavy atom. The fourth-order valence-corrected chi connectivity index (χ4v) is 3.10. The van der Waals surface area contributed by atoms with Crippen molar-refractivity contribution in [3.8, 4) is 0 Å². The number of likely N-dealkylation sites (tertiary alicyclic amines) is 1. The second kappa shape index (κ2) is 7.09. The van der Waals surface area contributed by atoms with E-state index in [4.69, 9.17) is 0 Å². The first kappa shape index (κ1) is 16.6. The lowest BCUT2D eigenvalue weighted by Crippen LogP contribution is -2.43. The van der Waals surface area contributed by atoms with Gasteiger partial charge in [0.05, 0.1) is 5.69 Å². The number of piperidine rings is 1. The summed E-state index contributed by atoms with van der Waals surface area (Å²) in [7, 11) is 3.82. The molecule has 3 rings (SSSR count). The number of nitrogens with zero attached hydrogens (tertiary/aromatic N) is 6. The molecule has 2 aromatic heterocycles. The van der Waals surface area contributed by atoms with Crippen molar-refractivity contribution in [3.63, 3.8) is 0 Å². The number of hydrogen-bond acceptors (Lipinski definition) is 6. The molecule has 128 valence electrons. The Kier molecular flexibility index (Phi) is 4.89. The Bertz CT molecular complexity index is 751. The van der Waals surface area contributed by atoms with Gasteiger partial charge in [-0.1, -0.05) is 0 Å². The molecule has 0 amide bonds. The predicted octanol–water partition coefficient (Wildman–Crippen LogP) is 0.980. The summed E-state index contributed by atoms with van der Waals surface area (Å²) < 4.78 is 1.49. The van der Waals surface area contributed by atoms with Gasteiger partial charge in [-0.2, -0.15) is 4.98 Å². The minimum Gasteiger partial charge on any atom is -0.356 e. The molecule has 7 nitrogen and oxygen atoms in total. The first-order chi connectivity index (χ1) is 11.5. The van der Waals surface area contributed by atoms with Gasteiger partial charge >= 0.3 is 5.69 Å². The van der Waals surface area contributed by atoms with Crippen molar-refractivity contribution in [3.05, 3.63) is 46.5 Å². The van der Waals surface area contributed by atoms with Crippen LogP contribution in [0.5, 0.6) is 0 Å². The molecule has 0 aliphatic carbocycles. The molecule has 3 heterocycles. The Hall–Kier alpha value is -2.28. The average Bonchev–Trinajstić information content (AvgIpc) is 2.58. The molecule has 0 saturated carbocycles. The number of rotatable bonds is 4. The van der Waals surface area contributed by atoms with Gasteiger partial charge in [-0.3, -0.25) is 4.90 Å². The van der Waals surface area contributed by atoms with Gasteiger partial charge in [0.1, 0.15) is 12.1 Å². The topological polar surface area (TPSA) is 67.2 Å². The molecule has 0 unspecified atom stereocenters. The van der Waals surface area contributed by atoms with Gasteiger partial charge in [0, 0.05) is 57.7 Å². The molecule has 0 atom stereocenters. The number of aryl methyl sites for hydroxylation is 2. The van der Waals surface area contributed by atoms with Gasteiger partial charge in [0.15, 0.2) is 0 Å². The summed E-state index contributed by atoms with van der Waals surface area (Å²) >= 11 is 0. The summed E-state index contributed by atoms with van der Waals surface area (Å²) in [6.45, 7) is 4.71. The highest BCUT2D eigenvalue weighted by Crippen LogP contribution is 2.21. The van der Waals surface area contributed by atoms with Crippen molar-refractivity contribution in [2.75, 3.05) is 25.0 Å². The summed E-state index contributed by atoms with van der Waals surface area (Å²) in [4.78, 5) is 28.9. The van der Waals surface area contributed by atoms with E-state index in [0.29, 0.717) is 6.04 Å². The number of hydrogen-bond donors (Lipinski definition) is 0. The Balaban J connectivity index is 1.57. The molecule has 2 aromatic rings. The second-order valence-corrected chi connectivity index (χ2v) is 6.45. The van der Waals surface area contributed by atoms with Crippen LogP contribution in [0.1, 0.15) is 24.2 Å². The quantitative estimate of drug-likeness (QED) is 0.833. The maximum absolute atomic E-state index is 11.6. The molecular weight excluding hydrogens is 304 g/mol. The molecular formula is C17H24N6O. The molecule has 0 N–H and O–H groups in total. The van der Waals surface area contributed by atoms with Gasteiger partial charge < -0.3 is 9.47 Å². The van der Waals surface area contributed by atoms with Gasteiger partial charge in [0.2, 0.25) is 0 Å². The molecule has 24 heavy (non-hydrogen) atoms. The molecule has 0 radical (unpaired) electrons. The zero-order chi connectivity index (χ0) is 17.1. The van der Waals surface area contributed by atoms with Crippen molar-refractivity contribution >= 4 is 5.82 Å². The van der Waals surface area contributed by atoms with E-state index in [1.165, 1.54) is 4.57 Å². The minimum absolute atomic E-state index is 0.193. The lowest BCUT2D eigenvalue weighted by atomic mass is 10.0. The van der Waals surface area contributed by atoms with Crippen LogP contribution in [-0.4, -0.2) is 50.6 Å². The summed E-state index contributed by atoms with van der Waals surface area (Å²) in [5.41, 5.74) is 1.64. The number of aromatic nitrogens is 4. The van der Waals surface area contributed by atoms with Crippen molar-refractivity contribution in [1.29, 1.82) is 0 Å². The maximum atomic E-state index is 11.6. The average molecular weight is 328 g/mol. The van der Waals surface area contributed by atoms with E-state index in [1.807, 2.05) is 19.1 Å². The van der Waals surface area contributed by atoms with E-state index in [2.05, 4.69) is 31.8 Å². The molecule has 1 aliphatic rings. The molecule has 7 heteroatoms. The van der Waals surface area contributed by atoms with Crippen LogP contribution in [0.4, 0.5) is 5.82 Å². The first-order valence-electron chi connectivity index (χ1n) is 8.29. The highest BCUT2D eigenvalue weighted by atomic mass is 16.1. The zero-order valence-electron chi connectivity index (χ0n) is 14.5. The van der Waals surface area contributed by atoms with Gasteiger partial charge in [0.25, 0.3) is 0 Å². The van der Waals surface area contributed by atoms with E-state index in [0.717, 1.165) is 49.7 Å². The third kappa shape index (κ3) is 3.79. The largest absolute Gasteiger partial charge is 0.356 e. The van der Waals surface area contributed by atoms with Crippen molar-refractivity contribution < 1.29 is 0 Å². The van der Waals surface area contributed by atoms with Gasteiger partial charge in [-0.05, 0) is 25.8 Å². The Morgan fingerprint density at radius 3 is 2.71 bits per heavy atom. The molecule has 1 fully saturated rings. The summed E-state index contributed by atoms with van der Waals surface area (Å²) in [6.07, 6.45) is 5.55. The molecule has 0 aromatic carbocycles. The van der Waals surface area contributed by atoms with Crippen LogP contribution < -0.4 is 10.6 Å². The van der Waals surface area contributed by atoms with Crippen molar-refractivity contribution in [2.24, 2.45) is 7.05 Å². The lowest BCUT2D eigenvalue weighted by Gasteiger charge is -2.37. The number of anilines is 1. The van der Waals surface area contributed by atoms with E-state index in [-0.39, 0.29) is 5.69 Å². The SMILES string of the molecule is Cc1cc(N(C)C2CCN(Cc3ccn(C)c(=O)n3)CC2)ncn1. The van der Waals surface area contributed by atoms with Crippen LogP contribution in [0.15, 0.2) is 29.5 Å². The zero-order valence-corrected chi connectivity index (χ0v) is 14.5. The van der Waals surface area contributed by atoms with Crippen LogP contribution in [0.3, 0.4) is 0 Å². The second-order valence-electron chi connectivity index (χ2n) is 6.45. The maximum Gasteiger partial charge on any atom is 0.347 e. The van der Waals surface area contributed by atoms with Crippen LogP contribution in [-0.2, 0) is 13.6 Å². The van der Waals surface area contributed by atoms with Crippen molar-refractivity contribution in [1.82, 2.24) is 24.4 Å². The first-order valence-corrected chi connectivity index (χ1v) is 8.29. The summed E-state index contributed by atoms with van der Waals surface area (Å²) in [5.74, 6) is 0.981. The predicted molar refractivity (Wildman–Crippen MR) is 92.9 cm³/mol. The molecule has 1 saturated heterocycles. The summed E-state index contributed by atoms with van der Waals surface area (Å²) in [6, 6.07) is 4.42. The van der Waals surface area contributed by atoms with E-state index in [9.17, 15) is 4.79 Å². The van der Waals surface area contributed by atoms with Crippen LogP contribution >= 0.6 is 0 Å². The van der Waals surface area contributed by atoms with E-state index < -0.39 is 0 Å². The fraction of sp³-hybridized carbons (Fsp3) is 0.529.